The van der Waals surface area contributed by atoms with Crippen molar-refractivity contribution in [3.63, 3.8) is 0 Å². The van der Waals surface area contributed by atoms with Crippen LogP contribution in [-0.4, -0.2) is 39.5 Å². The number of carbonyl (C=O) groups excluding carboxylic acids is 2. The molecule has 6 nitrogen and oxygen atoms in total. The summed E-state index contributed by atoms with van der Waals surface area (Å²) in [5.41, 5.74) is 4.59. The highest BCUT2D eigenvalue weighted by Gasteiger charge is 2.30. The van der Waals surface area contributed by atoms with E-state index in [1.54, 1.807) is 32.9 Å². The average molecular weight is 403 g/mol. The maximum absolute atomic E-state index is 13.1. The molecule has 0 aliphatic carbocycles. The van der Waals surface area contributed by atoms with E-state index in [4.69, 9.17) is 11.6 Å². The largest absolute Gasteiger partial charge is 0.488 e. The number of amides is 2. The molecule has 0 atom stereocenters. The van der Waals surface area contributed by atoms with Gasteiger partial charge in [-0.3, -0.25) is 15.0 Å². The molecule has 0 saturated carbocycles. The highest BCUT2D eigenvalue weighted by atomic mass is 35.5. The predicted molar refractivity (Wildman–Crippen MR) is 111 cm³/mol. The van der Waals surface area contributed by atoms with Gasteiger partial charge >= 0.3 is 7.12 Å². The minimum absolute atomic E-state index is 0.0517. The molecule has 0 aromatic heterocycles. The van der Waals surface area contributed by atoms with Gasteiger partial charge in [0.1, 0.15) is 0 Å². The molecule has 0 radical (unpaired) electrons. The van der Waals surface area contributed by atoms with Crippen LogP contribution in [0.4, 0.5) is 0 Å². The molecule has 0 spiro atoms. The summed E-state index contributed by atoms with van der Waals surface area (Å²) in [6.07, 6.45) is 0. The number of rotatable bonds is 3. The number of nitrogens with zero attached hydrogens (tertiary/aromatic N) is 1. The minimum atomic E-state index is -1.69. The highest BCUT2D eigenvalue weighted by molar-refractivity contribution is 6.59. The Kier molecular flexibility index (Phi) is 6.54. The van der Waals surface area contributed by atoms with Crippen LogP contribution in [0, 0.1) is 13.8 Å². The van der Waals surface area contributed by atoms with Crippen LogP contribution in [0.3, 0.4) is 0 Å². The highest BCUT2D eigenvalue weighted by Crippen LogP contribution is 2.19. The Balaban J connectivity index is 2.35. The van der Waals surface area contributed by atoms with Gasteiger partial charge < -0.3 is 10.0 Å². The molecule has 2 rings (SSSR count). The third-order valence-electron chi connectivity index (χ3n) is 4.09. The van der Waals surface area contributed by atoms with Gasteiger partial charge in [-0.15, -0.1) is 0 Å². The first kappa shape index (κ1) is 21.9. The maximum Gasteiger partial charge on any atom is 0.488 e. The molecule has 148 valence electrons. The SMILES string of the molecule is Cc1cc(C)cc(C(=O)N(NC(=O)c2ccc(B(O)O)cc2Cl)C(C)(C)C)c1. The van der Waals surface area contributed by atoms with E-state index in [1.165, 1.54) is 23.2 Å². The van der Waals surface area contributed by atoms with Gasteiger partial charge in [-0.2, -0.15) is 0 Å². The monoisotopic (exact) mass is 402 g/mol. The summed E-state index contributed by atoms with van der Waals surface area (Å²) in [5, 5.41) is 19.8. The molecule has 3 N–H and O–H groups in total. The van der Waals surface area contributed by atoms with Crippen LogP contribution in [-0.2, 0) is 0 Å². The van der Waals surface area contributed by atoms with Crippen molar-refractivity contribution in [1.82, 2.24) is 10.4 Å². The molecule has 2 aromatic carbocycles. The summed E-state index contributed by atoms with van der Waals surface area (Å²) in [7, 11) is -1.69. The lowest BCUT2D eigenvalue weighted by atomic mass is 9.80. The Morgan fingerprint density at radius 3 is 2.07 bits per heavy atom. The maximum atomic E-state index is 13.1. The Morgan fingerprint density at radius 2 is 1.61 bits per heavy atom. The first-order valence-corrected chi connectivity index (χ1v) is 9.17. The van der Waals surface area contributed by atoms with Crippen molar-refractivity contribution in [3.8, 4) is 0 Å². The molecule has 0 bridgehead atoms. The third kappa shape index (κ3) is 5.13. The number of hydrazine groups is 1. The third-order valence-corrected chi connectivity index (χ3v) is 4.40. The fourth-order valence-electron chi connectivity index (χ4n) is 2.79. The Bertz CT molecular complexity index is 889. The Labute approximate surface area is 170 Å². The number of nitrogens with one attached hydrogen (secondary N) is 1. The number of halogens is 1. The summed E-state index contributed by atoms with van der Waals surface area (Å²) < 4.78 is 0. The molecule has 0 unspecified atom stereocenters. The van der Waals surface area contributed by atoms with Crippen LogP contribution >= 0.6 is 11.6 Å². The molecule has 2 aromatic rings. The fraction of sp³-hybridized carbons (Fsp3) is 0.300. The zero-order chi connectivity index (χ0) is 21.2. The molecular formula is C20H24BClN2O4. The smallest absolute Gasteiger partial charge is 0.423 e. The van der Waals surface area contributed by atoms with Crippen LogP contribution in [0.15, 0.2) is 36.4 Å². The molecule has 0 aliphatic heterocycles. The van der Waals surface area contributed by atoms with E-state index in [2.05, 4.69) is 5.43 Å². The van der Waals surface area contributed by atoms with E-state index in [1.807, 2.05) is 19.9 Å². The molecule has 0 aliphatic rings. The fourth-order valence-corrected chi connectivity index (χ4v) is 3.06. The van der Waals surface area contributed by atoms with Gasteiger partial charge in [0.2, 0.25) is 0 Å². The topological polar surface area (TPSA) is 89.9 Å². The van der Waals surface area contributed by atoms with Crippen molar-refractivity contribution in [1.29, 1.82) is 0 Å². The van der Waals surface area contributed by atoms with E-state index >= 15 is 0 Å². The lowest BCUT2D eigenvalue weighted by Crippen LogP contribution is -2.56. The summed E-state index contributed by atoms with van der Waals surface area (Å²) in [6, 6.07) is 9.57. The van der Waals surface area contributed by atoms with Crippen molar-refractivity contribution in [2.45, 2.75) is 40.2 Å². The second-order valence-electron chi connectivity index (χ2n) is 7.74. The number of aryl methyl sites for hydroxylation is 2. The molecule has 0 heterocycles. The van der Waals surface area contributed by atoms with Crippen LogP contribution < -0.4 is 10.9 Å². The molecule has 8 heteroatoms. The van der Waals surface area contributed by atoms with Gasteiger partial charge in [-0.25, -0.2) is 5.01 Å². The van der Waals surface area contributed by atoms with Gasteiger partial charge in [-0.1, -0.05) is 34.9 Å². The quantitative estimate of drug-likeness (QED) is 0.542. The van der Waals surface area contributed by atoms with E-state index in [-0.39, 0.29) is 22.0 Å². The lowest BCUT2D eigenvalue weighted by molar-refractivity contribution is 0.0358. The Morgan fingerprint density at radius 1 is 1.04 bits per heavy atom. The zero-order valence-corrected chi connectivity index (χ0v) is 17.3. The van der Waals surface area contributed by atoms with Crippen molar-refractivity contribution in [2.24, 2.45) is 0 Å². The van der Waals surface area contributed by atoms with E-state index in [0.717, 1.165) is 11.1 Å². The number of hydrogen-bond acceptors (Lipinski definition) is 4. The van der Waals surface area contributed by atoms with E-state index < -0.39 is 18.6 Å². The van der Waals surface area contributed by atoms with Gasteiger partial charge in [0.25, 0.3) is 11.8 Å². The predicted octanol–water partition coefficient (Wildman–Crippen LogP) is 2.22. The van der Waals surface area contributed by atoms with Crippen LogP contribution in [0.5, 0.6) is 0 Å². The van der Waals surface area contributed by atoms with Crippen LogP contribution in [0.1, 0.15) is 52.6 Å². The molecule has 2 amide bonds. The number of hydrogen-bond donors (Lipinski definition) is 3. The summed E-state index contributed by atoms with van der Waals surface area (Å²) in [4.78, 5) is 25.9. The number of carbonyl (C=O) groups is 2. The molecule has 0 saturated heterocycles. The van der Waals surface area contributed by atoms with Crippen molar-refractivity contribution >= 4 is 36.0 Å². The second kappa shape index (κ2) is 8.35. The normalized spacial score (nSPS) is 11.1. The summed E-state index contributed by atoms with van der Waals surface area (Å²) in [6.45, 7) is 9.23. The zero-order valence-electron chi connectivity index (χ0n) is 16.6. The molecule has 28 heavy (non-hydrogen) atoms. The van der Waals surface area contributed by atoms with Crippen molar-refractivity contribution < 1.29 is 19.6 Å². The lowest BCUT2D eigenvalue weighted by Gasteiger charge is -2.35. The number of benzene rings is 2. The van der Waals surface area contributed by atoms with Crippen LogP contribution in [0.2, 0.25) is 5.02 Å². The van der Waals surface area contributed by atoms with E-state index in [0.29, 0.717) is 5.56 Å². The Hall–Kier alpha value is -2.35. The van der Waals surface area contributed by atoms with Gasteiger partial charge in [0, 0.05) is 5.56 Å². The molecule has 0 fully saturated rings. The standard InChI is InChI=1S/C20H24BClN2O4/c1-12-8-13(2)10-14(9-12)19(26)24(20(3,4)5)23-18(25)16-7-6-15(21(27)28)11-17(16)22/h6-11,27-28H,1-5H3,(H,23,25). The van der Waals surface area contributed by atoms with Crippen molar-refractivity contribution in [3.05, 3.63) is 63.7 Å². The second-order valence-corrected chi connectivity index (χ2v) is 8.15. The molecular weight excluding hydrogens is 378 g/mol. The van der Waals surface area contributed by atoms with Gasteiger partial charge in [0.15, 0.2) is 0 Å². The summed E-state index contributed by atoms with van der Waals surface area (Å²) in [5.74, 6) is -0.914. The van der Waals surface area contributed by atoms with Gasteiger partial charge in [0.05, 0.1) is 16.1 Å². The first-order chi connectivity index (χ1) is 12.9. The van der Waals surface area contributed by atoms with Crippen LogP contribution in [0.25, 0.3) is 0 Å². The van der Waals surface area contributed by atoms with E-state index in [9.17, 15) is 19.6 Å². The van der Waals surface area contributed by atoms with Crippen molar-refractivity contribution in [2.75, 3.05) is 0 Å². The first-order valence-electron chi connectivity index (χ1n) is 8.79. The minimum Gasteiger partial charge on any atom is -0.423 e. The van der Waals surface area contributed by atoms with Gasteiger partial charge in [-0.05, 0) is 64.3 Å². The average Bonchev–Trinajstić information content (AvgIpc) is 2.56. The summed E-state index contributed by atoms with van der Waals surface area (Å²) >= 11 is 6.12.